The topological polar surface area (TPSA) is 86.2 Å². The van der Waals surface area contributed by atoms with Gasteiger partial charge in [0.25, 0.3) is 0 Å². The van der Waals surface area contributed by atoms with Crippen LogP contribution < -0.4 is 11.5 Å². The molecular weight excluding hydrogens is 192 g/mol. The minimum absolute atomic E-state index is 0.275. The maximum Gasteiger partial charge on any atom is 0.230 e. The van der Waals surface area contributed by atoms with E-state index >= 15 is 0 Å². The molecule has 0 spiro atoms. The van der Waals surface area contributed by atoms with E-state index in [0.29, 0.717) is 0 Å². The number of nitrogens with two attached hydrogens (primary N) is 2. The third-order valence-corrected chi connectivity index (χ3v) is 2.37. The molecular formula is C11H14N2O2. The minimum Gasteiger partial charge on any atom is -0.369 e. The molecule has 1 aromatic carbocycles. The maximum absolute atomic E-state index is 11.0. The van der Waals surface area contributed by atoms with Crippen molar-refractivity contribution in [3.63, 3.8) is 0 Å². The third-order valence-electron chi connectivity index (χ3n) is 2.37. The average molecular weight is 206 g/mol. The number of amides is 2. The second-order valence-electron chi connectivity index (χ2n) is 3.49. The molecule has 0 fully saturated rings. The van der Waals surface area contributed by atoms with Crippen LogP contribution in [0.15, 0.2) is 24.3 Å². The summed E-state index contributed by atoms with van der Waals surface area (Å²) in [4.78, 5) is 22.0. The van der Waals surface area contributed by atoms with Crippen LogP contribution in [0.1, 0.15) is 11.1 Å². The van der Waals surface area contributed by atoms with Gasteiger partial charge in [-0.15, -0.1) is 0 Å². The molecule has 2 amide bonds. The number of carbonyl (C=O) groups excluding carboxylic acids is 2. The van der Waals surface area contributed by atoms with Gasteiger partial charge >= 0.3 is 0 Å². The SMILES string of the molecule is Cc1ccccc1CC(C(N)=O)C(N)=O. The molecule has 1 aromatic rings. The maximum atomic E-state index is 11.0. The average Bonchev–Trinajstić information content (AvgIpc) is 2.15. The molecule has 0 aliphatic heterocycles. The van der Waals surface area contributed by atoms with E-state index in [0.717, 1.165) is 11.1 Å². The highest BCUT2D eigenvalue weighted by molar-refractivity contribution is 5.99. The Morgan fingerprint density at radius 1 is 1.20 bits per heavy atom. The molecule has 0 saturated heterocycles. The number of aryl methyl sites for hydroxylation is 1. The lowest BCUT2D eigenvalue weighted by molar-refractivity contribution is -0.131. The molecule has 0 atom stereocenters. The summed E-state index contributed by atoms with van der Waals surface area (Å²) in [5.41, 5.74) is 12.1. The molecule has 1 rings (SSSR count). The van der Waals surface area contributed by atoms with Gasteiger partial charge in [-0.3, -0.25) is 9.59 Å². The van der Waals surface area contributed by atoms with Gasteiger partial charge in [0, 0.05) is 0 Å². The van der Waals surface area contributed by atoms with Crippen molar-refractivity contribution in [1.82, 2.24) is 0 Å². The molecule has 0 unspecified atom stereocenters. The first-order valence-electron chi connectivity index (χ1n) is 4.65. The molecule has 0 aliphatic carbocycles. The van der Waals surface area contributed by atoms with Gasteiger partial charge in [0.05, 0.1) is 0 Å². The molecule has 0 aromatic heterocycles. The fraction of sp³-hybridized carbons (Fsp3) is 0.273. The third kappa shape index (κ3) is 2.80. The molecule has 4 N–H and O–H groups in total. The Labute approximate surface area is 88.3 Å². The summed E-state index contributed by atoms with van der Waals surface area (Å²) in [6.45, 7) is 1.91. The van der Waals surface area contributed by atoms with Gasteiger partial charge < -0.3 is 11.5 Å². The summed E-state index contributed by atoms with van der Waals surface area (Å²) < 4.78 is 0. The largest absolute Gasteiger partial charge is 0.369 e. The number of benzene rings is 1. The highest BCUT2D eigenvalue weighted by Crippen LogP contribution is 2.12. The Morgan fingerprint density at radius 2 is 1.73 bits per heavy atom. The summed E-state index contributed by atoms with van der Waals surface area (Å²) in [7, 11) is 0. The zero-order valence-corrected chi connectivity index (χ0v) is 8.57. The van der Waals surface area contributed by atoms with Gasteiger partial charge in [-0.25, -0.2) is 0 Å². The predicted molar refractivity (Wildman–Crippen MR) is 56.8 cm³/mol. The summed E-state index contributed by atoms with van der Waals surface area (Å²) in [6, 6.07) is 7.51. The molecule has 4 nitrogen and oxygen atoms in total. The smallest absolute Gasteiger partial charge is 0.230 e. The van der Waals surface area contributed by atoms with Gasteiger partial charge in [0.2, 0.25) is 11.8 Å². The molecule has 0 heterocycles. The number of carbonyl (C=O) groups is 2. The van der Waals surface area contributed by atoms with E-state index in [1.807, 2.05) is 31.2 Å². The van der Waals surface area contributed by atoms with Crippen LogP contribution in [-0.4, -0.2) is 11.8 Å². The first-order chi connectivity index (χ1) is 7.02. The number of hydrogen-bond donors (Lipinski definition) is 2. The summed E-state index contributed by atoms with van der Waals surface area (Å²) in [6.07, 6.45) is 0.275. The van der Waals surface area contributed by atoms with E-state index in [1.165, 1.54) is 0 Å². The predicted octanol–water partition coefficient (Wildman–Crippen LogP) is 0.124. The van der Waals surface area contributed by atoms with Crippen LogP contribution in [0.25, 0.3) is 0 Å². The van der Waals surface area contributed by atoms with Crippen LogP contribution in [0.5, 0.6) is 0 Å². The second-order valence-corrected chi connectivity index (χ2v) is 3.49. The van der Waals surface area contributed by atoms with E-state index in [9.17, 15) is 9.59 Å². The van der Waals surface area contributed by atoms with Crippen molar-refractivity contribution in [3.8, 4) is 0 Å². The Morgan fingerprint density at radius 3 is 2.20 bits per heavy atom. The lowest BCUT2D eigenvalue weighted by atomic mass is 9.95. The van der Waals surface area contributed by atoms with Crippen molar-refractivity contribution >= 4 is 11.8 Å². The summed E-state index contributed by atoms with van der Waals surface area (Å²) in [5, 5.41) is 0. The normalized spacial score (nSPS) is 10.3. The van der Waals surface area contributed by atoms with Gasteiger partial charge in [0.1, 0.15) is 5.92 Å². The fourth-order valence-corrected chi connectivity index (χ4v) is 1.40. The van der Waals surface area contributed by atoms with Crippen LogP contribution in [-0.2, 0) is 16.0 Å². The molecule has 0 aliphatic rings. The molecule has 80 valence electrons. The highest BCUT2D eigenvalue weighted by atomic mass is 16.2. The number of primary amides is 2. The van der Waals surface area contributed by atoms with Gasteiger partial charge in [-0.1, -0.05) is 24.3 Å². The highest BCUT2D eigenvalue weighted by Gasteiger charge is 2.22. The molecule has 0 bridgehead atoms. The van der Waals surface area contributed by atoms with Crippen molar-refractivity contribution in [2.75, 3.05) is 0 Å². The first kappa shape index (κ1) is 11.2. The quantitative estimate of drug-likeness (QED) is 0.686. The van der Waals surface area contributed by atoms with Crippen molar-refractivity contribution < 1.29 is 9.59 Å². The Kier molecular flexibility index (Phi) is 3.44. The summed E-state index contributed by atoms with van der Waals surface area (Å²) >= 11 is 0. The number of rotatable bonds is 4. The lowest BCUT2D eigenvalue weighted by Crippen LogP contribution is -2.36. The molecule has 15 heavy (non-hydrogen) atoms. The standard InChI is InChI=1S/C11H14N2O2/c1-7-4-2-3-5-8(7)6-9(10(12)14)11(13)15/h2-5,9H,6H2,1H3,(H2,12,14)(H2,13,15). The van der Waals surface area contributed by atoms with Crippen molar-refractivity contribution in [2.24, 2.45) is 17.4 Å². The van der Waals surface area contributed by atoms with E-state index in [2.05, 4.69) is 0 Å². The molecule has 4 heteroatoms. The molecule has 0 saturated carbocycles. The number of hydrogen-bond acceptors (Lipinski definition) is 2. The second kappa shape index (κ2) is 4.59. The van der Waals surface area contributed by atoms with Crippen LogP contribution in [0.2, 0.25) is 0 Å². The van der Waals surface area contributed by atoms with Crippen LogP contribution in [0, 0.1) is 12.8 Å². The monoisotopic (exact) mass is 206 g/mol. The lowest BCUT2D eigenvalue weighted by Gasteiger charge is -2.11. The Hall–Kier alpha value is -1.84. The van der Waals surface area contributed by atoms with E-state index in [4.69, 9.17) is 11.5 Å². The Bertz CT molecular complexity index is 374. The van der Waals surface area contributed by atoms with E-state index in [-0.39, 0.29) is 6.42 Å². The fourth-order valence-electron chi connectivity index (χ4n) is 1.40. The van der Waals surface area contributed by atoms with Crippen LogP contribution in [0.4, 0.5) is 0 Å². The summed E-state index contributed by atoms with van der Waals surface area (Å²) in [5.74, 6) is -2.28. The first-order valence-corrected chi connectivity index (χ1v) is 4.65. The van der Waals surface area contributed by atoms with Crippen LogP contribution in [0.3, 0.4) is 0 Å². The van der Waals surface area contributed by atoms with Gasteiger partial charge in [-0.05, 0) is 24.5 Å². The van der Waals surface area contributed by atoms with E-state index < -0.39 is 17.7 Å². The van der Waals surface area contributed by atoms with Crippen molar-refractivity contribution in [3.05, 3.63) is 35.4 Å². The zero-order valence-electron chi connectivity index (χ0n) is 8.57. The van der Waals surface area contributed by atoms with Gasteiger partial charge in [-0.2, -0.15) is 0 Å². The van der Waals surface area contributed by atoms with E-state index in [1.54, 1.807) is 0 Å². The Balaban J connectivity index is 2.88. The van der Waals surface area contributed by atoms with Crippen molar-refractivity contribution in [1.29, 1.82) is 0 Å². The molecule has 0 radical (unpaired) electrons. The minimum atomic E-state index is -0.925. The zero-order chi connectivity index (χ0) is 11.4. The van der Waals surface area contributed by atoms with Gasteiger partial charge in [0.15, 0.2) is 0 Å². The van der Waals surface area contributed by atoms with Crippen molar-refractivity contribution in [2.45, 2.75) is 13.3 Å². The van der Waals surface area contributed by atoms with Crippen LogP contribution >= 0.6 is 0 Å².